The van der Waals surface area contributed by atoms with Gasteiger partial charge in [-0.25, -0.2) is 13.8 Å². The Balaban J connectivity index is 1.70. The molecule has 0 saturated carbocycles. The molecule has 0 bridgehead atoms. The van der Waals surface area contributed by atoms with E-state index in [4.69, 9.17) is 0 Å². The monoisotopic (exact) mass is 415 g/mol. The molecule has 1 atom stereocenters. The van der Waals surface area contributed by atoms with E-state index in [-0.39, 0.29) is 17.3 Å². The van der Waals surface area contributed by atoms with Gasteiger partial charge in [0.2, 0.25) is 5.91 Å². The Morgan fingerprint density at radius 3 is 2.41 bits per heavy atom. The summed E-state index contributed by atoms with van der Waals surface area (Å²) >= 11 is 1.20. The van der Waals surface area contributed by atoms with Gasteiger partial charge in [-0.1, -0.05) is 26.0 Å². The molecule has 1 aromatic heterocycles. The van der Waals surface area contributed by atoms with Crippen molar-refractivity contribution in [1.82, 2.24) is 10.3 Å². The van der Waals surface area contributed by atoms with Crippen LogP contribution >= 0.6 is 11.3 Å². The van der Waals surface area contributed by atoms with Crippen molar-refractivity contribution in [3.8, 4) is 11.3 Å². The van der Waals surface area contributed by atoms with Gasteiger partial charge in [-0.2, -0.15) is 0 Å². The van der Waals surface area contributed by atoms with Gasteiger partial charge in [0.05, 0.1) is 5.69 Å². The molecule has 0 aliphatic carbocycles. The van der Waals surface area contributed by atoms with Crippen molar-refractivity contribution >= 4 is 28.3 Å². The number of hydrogen-bond donors (Lipinski definition) is 2. The highest BCUT2D eigenvalue weighted by Crippen LogP contribution is 2.25. The molecule has 2 aromatic carbocycles. The lowest BCUT2D eigenvalue weighted by atomic mass is 10.0. The van der Waals surface area contributed by atoms with Gasteiger partial charge in [0.1, 0.15) is 17.7 Å². The summed E-state index contributed by atoms with van der Waals surface area (Å²) < 4.78 is 26.4. The van der Waals surface area contributed by atoms with Crippen molar-refractivity contribution in [1.29, 1.82) is 0 Å². The molecular formula is C21H19F2N3O2S. The number of rotatable bonds is 6. The van der Waals surface area contributed by atoms with Crippen LogP contribution in [0.25, 0.3) is 11.3 Å². The lowest BCUT2D eigenvalue weighted by Gasteiger charge is -2.21. The Kier molecular flexibility index (Phi) is 6.33. The first-order valence-corrected chi connectivity index (χ1v) is 9.80. The van der Waals surface area contributed by atoms with E-state index in [9.17, 15) is 18.4 Å². The molecule has 0 saturated heterocycles. The van der Waals surface area contributed by atoms with E-state index in [1.54, 1.807) is 31.4 Å². The van der Waals surface area contributed by atoms with Crippen molar-refractivity contribution < 1.29 is 18.4 Å². The molecule has 0 spiro atoms. The van der Waals surface area contributed by atoms with Crippen molar-refractivity contribution in [3.05, 3.63) is 71.1 Å². The van der Waals surface area contributed by atoms with Crippen LogP contribution in [0.15, 0.2) is 53.9 Å². The predicted octanol–water partition coefficient (Wildman–Crippen LogP) is 4.48. The molecule has 0 aliphatic rings. The van der Waals surface area contributed by atoms with Gasteiger partial charge in [0.25, 0.3) is 5.91 Å². The number of halogens is 2. The molecule has 0 radical (unpaired) electrons. The zero-order valence-corrected chi connectivity index (χ0v) is 16.6. The van der Waals surface area contributed by atoms with E-state index in [1.165, 1.54) is 47.7 Å². The molecule has 2 N–H and O–H groups in total. The third-order valence-corrected chi connectivity index (χ3v) is 4.95. The molecule has 2 amide bonds. The van der Waals surface area contributed by atoms with E-state index >= 15 is 0 Å². The van der Waals surface area contributed by atoms with Gasteiger partial charge in [0, 0.05) is 16.5 Å². The van der Waals surface area contributed by atoms with Gasteiger partial charge in [-0.05, 0) is 42.3 Å². The first-order chi connectivity index (χ1) is 13.8. The number of amides is 2. The maximum atomic E-state index is 13.4. The minimum atomic E-state index is -0.811. The third-order valence-electron chi connectivity index (χ3n) is 4.20. The fourth-order valence-electron chi connectivity index (χ4n) is 2.66. The molecule has 150 valence electrons. The summed E-state index contributed by atoms with van der Waals surface area (Å²) in [6.45, 7) is 3.60. The topological polar surface area (TPSA) is 71.1 Å². The van der Waals surface area contributed by atoms with Crippen LogP contribution in [0.4, 0.5) is 13.9 Å². The minimum absolute atomic E-state index is 0.193. The van der Waals surface area contributed by atoms with Crippen LogP contribution in [0.2, 0.25) is 0 Å². The summed E-state index contributed by atoms with van der Waals surface area (Å²) in [5, 5.41) is 7.42. The number of aromatic nitrogens is 1. The van der Waals surface area contributed by atoms with Crippen molar-refractivity contribution in [2.45, 2.75) is 19.9 Å². The first-order valence-electron chi connectivity index (χ1n) is 8.92. The summed E-state index contributed by atoms with van der Waals surface area (Å²) in [4.78, 5) is 29.4. The van der Waals surface area contributed by atoms with E-state index in [1.807, 2.05) is 0 Å². The standard InChI is InChI=1S/C21H19F2N3O2S/c1-12(2)18(25-19(27)13-6-8-15(22)9-7-13)20(28)26-21-24-17(11-29-21)14-4-3-5-16(23)10-14/h3-12,18H,1-2H3,(H,25,27)(H,24,26,28)/t18-/m0/s1. The Morgan fingerprint density at radius 2 is 1.76 bits per heavy atom. The van der Waals surface area contributed by atoms with E-state index in [0.29, 0.717) is 16.4 Å². The van der Waals surface area contributed by atoms with Gasteiger partial charge in [-0.3, -0.25) is 9.59 Å². The second-order valence-corrected chi connectivity index (χ2v) is 7.60. The molecule has 0 aliphatic heterocycles. The zero-order chi connectivity index (χ0) is 21.0. The molecule has 3 rings (SSSR count). The highest BCUT2D eigenvalue weighted by molar-refractivity contribution is 7.14. The van der Waals surface area contributed by atoms with Crippen molar-refractivity contribution in [2.24, 2.45) is 5.92 Å². The summed E-state index contributed by atoms with van der Waals surface area (Å²) in [6, 6.07) is 10.3. The number of anilines is 1. The van der Waals surface area contributed by atoms with Crippen LogP contribution < -0.4 is 10.6 Å². The van der Waals surface area contributed by atoms with Crippen LogP contribution in [0.5, 0.6) is 0 Å². The van der Waals surface area contributed by atoms with E-state index in [0.717, 1.165) is 0 Å². The fraction of sp³-hybridized carbons (Fsp3) is 0.190. The van der Waals surface area contributed by atoms with Crippen LogP contribution in [0, 0.1) is 17.6 Å². The Bertz CT molecular complexity index is 1020. The summed E-state index contributed by atoms with van der Waals surface area (Å²) in [5.41, 5.74) is 1.40. The molecule has 5 nitrogen and oxygen atoms in total. The minimum Gasteiger partial charge on any atom is -0.340 e. The molecule has 3 aromatic rings. The normalized spacial score (nSPS) is 11.9. The SMILES string of the molecule is CC(C)[C@H](NC(=O)c1ccc(F)cc1)C(=O)Nc1nc(-c2cccc(F)c2)cs1. The lowest BCUT2D eigenvalue weighted by Crippen LogP contribution is -2.47. The molecule has 0 unspecified atom stereocenters. The maximum Gasteiger partial charge on any atom is 0.251 e. The average Bonchev–Trinajstić information content (AvgIpc) is 3.14. The molecule has 29 heavy (non-hydrogen) atoms. The second kappa shape index (κ2) is 8.91. The molecule has 0 fully saturated rings. The Hall–Kier alpha value is -3.13. The van der Waals surface area contributed by atoms with Crippen LogP contribution in [0.1, 0.15) is 24.2 Å². The number of hydrogen-bond acceptors (Lipinski definition) is 4. The van der Waals surface area contributed by atoms with Crippen LogP contribution in [-0.4, -0.2) is 22.8 Å². The van der Waals surface area contributed by atoms with Crippen molar-refractivity contribution in [2.75, 3.05) is 5.32 Å². The quantitative estimate of drug-likeness (QED) is 0.624. The number of benzene rings is 2. The van der Waals surface area contributed by atoms with Gasteiger partial charge in [-0.15, -0.1) is 11.3 Å². The van der Waals surface area contributed by atoms with Crippen LogP contribution in [0.3, 0.4) is 0 Å². The highest BCUT2D eigenvalue weighted by atomic mass is 32.1. The Morgan fingerprint density at radius 1 is 1.03 bits per heavy atom. The lowest BCUT2D eigenvalue weighted by molar-refractivity contribution is -0.118. The van der Waals surface area contributed by atoms with Gasteiger partial charge in [0.15, 0.2) is 5.13 Å². The van der Waals surface area contributed by atoms with Gasteiger partial charge >= 0.3 is 0 Å². The predicted molar refractivity (Wildman–Crippen MR) is 109 cm³/mol. The van der Waals surface area contributed by atoms with Crippen molar-refractivity contribution in [3.63, 3.8) is 0 Å². The summed E-state index contributed by atoms with van der Waals surface area (Å²) in [7, 11) is 0. The highest BCUT2D eigenvalue weighted by Gasteiger charge is 2.25. The smallest absolute Gasteiger partial charge is 0.251 e. The number of carbonyl (C=O) groups is 2. The third kappa shape index (κ3) is 5.23. The number of nitrogens with one attached hydrogen (secondary N) is 2. The summed E-state index contributed by atoms with van der Waals surface area (Å²) in [5.74, 6) is -1.90. The molecule has 1 heterocycles. The second-order valence-electron chi connectivity index (χ2n) is 6.74. The maximum absolute atomic E-state index is 13.4. The largest absolute Gasteiger partial charge is 0.340 e. The number of carbonyl (C=O) groups excluding carboxylic acids is 2. The fourth-order valence-corrected chi connectivity index (χ4v) is 3.38. The van der Waals surface area contributed by atoms with E-state index in [2.05, 4.69) is 15.6 Å². The summed E-state index contributed by atoms with van der Waals surface area (Å²) in [6.07, 6.45) is 0. The molecule has 8 heteroatoms. The Labute approximate surface area is 170 Å². The van der Waals surface area contributed by atoms with Gasteiger partial charge < -0.3 is 10.6 Å². The number of thiazole rings is 1. The van der Waals surface area contributed by atoms with E-state index < -0.39 is 23.7 Å². The molecular weight excluding hydrogens is 396 g/mol. The number of nitrogens with zero attached hydrogens (tertiary/aromatic N) is 1. The van der Waals surface area contributed by atoms with Crippen LogP contribution in [-0.2, 0) is 4.79 Å². The first kappa shape index (κ1) is 20.6. The average molecular weight is 415 g/mol. The zero-order valence-electron chi connectivity index (χ0n) is 15.8.